The Morgan fingerprint density at radius 1 is 1.38 bits per heavy atom. The van der Waals surface area contributed by atoms with Gasteiger partial charge in [0.25, 0.3) is 0 Å². The highest BCUT2D eigenvalue weighted by Gasteiger charge is 2.20. The number of rotatable bonds is 0. The summed E-state index contributed by atoms with van der Waals surface area (Å²) in [7, 11) is 0. The van der Waals surface area contributed by atoms with Crippen LogP contribution in [-0.2, 0) is 5.75 Å². The third-order valence-electron chi connectivity index (χ3n) is 2.08. The Bertz CT molecular complexity index is 341. The molecule has 0 fully saturated rings. The number of hydrogen-bond acceptors (Lipinski definition) is 2. The van der Waals surface area contributed by atoms with Crippen LogP contribution in [0, 0.1) is 0 Å². The molecule has 70 valence electrons. The van der Waals surface area contributed by atoms with Crippen molar-refractivity contribution in [2.45, 2.75) is 11.9 Å². The lowest BCUT2D eigenvalue weighted by molar-refractivity contribution is 0.202. The molecule has 2 rings (SSSR count). The third-order valence-corrected chi connectivity index (χ3v) is 3.68. The molecule has 0 radical (unpaired) electrons. The molecule has 0 unspecified atom stereocenters. The molecular weight excluding hydrogens is 227 g/mol. The van der Waals surface area contributed by atoms with E-state index in [1.165, 1.54) is 0 Å². The standard InChI is InChI=1S/C9H8Cl2OS/c10-5-1-6-7(8(11)2-5)3-13-4-9(6)12/h1-2,9,12H,3-4H2/t9-/m1/s1. The van der Waals surface area contributed by atoms with Crippen molar-refractivity contribution in [1.29, 1.82) is 0 Å². The second kappa shape index (κ2) is 3.70. The fourth-order valence-corrected chi connectivity index (χ4v) is 3.14. The van der Waals surface area contributed by atoms with Crippen LogP contribution in [0.4, 0.5) is 0 Å². The zero-order valence-corrected chi connectivity index (χ0v) is 9.09. The summed E-state index contributed by atoms with van der Waals surface area (Å²) >= 11 is 13.5. The van der Waals surface area contributed by atoms with E-state index in [1.54, 1.807) is 23.9 Å². The van der Waals surface area contributed by atoms with Crippen LogP contribution >= 0.6 is 35.0 Å². The highest BCUT2D eigenvalue weighted by Crippen LogP contribution is 2.37. The van der Waals surface area contributed by atoms with Crippen molar-refractivity contribution in [2.75, 3.05) is 5.75 Å². The molecule has 0 bridgehead atoms. The Balaban J connectivity index is 2.56. The van der Waals surface area contributed by atoms with Gasteiger partial charge in [-0.15, -0.1) is 0 Å². The Morgan fingerprint density at radius 2 is 2.15 bits per heavy atom. The number of fused-ring (bicyclic) bond motifs is 1. The van der Waals surface area contributed by atoms with Gasteiger partial charge in [0.15, 0.2) is 0 Å². The molecule has 0 amide bonds. The van der Waals surface area contributed by atoms with Crippen molar-refractivity contribution in [3.05, 3.63) is 33.3 Å². The Kier molecular flexibility index (Phi) is 2.75. The lowest BCUT2D eigenvalue weighted by atomic mass is 10.0. The van der Waals surface area contributed by atoms with Crippen molar-refractivity contribution in [3.8, 4) is 0 Å². The summed E-state index contributed by atoms with van der Waals surface area (Å²) in [6.07, 6.45) is -0.426. The average Bonchev–Trinajstić information content (AvgIpc) is 2.07. The molecule has 0 saturated heterocycles. The van der Waals surface area contributed by atoms with Gasteiger partial charge in [-0.2, -0.15) is 11.8 Å². The van der Waals surface area contributed by atoms with Crippen LogP contribution in [0.3, 0.4) is 0 Å². The molecule has 4 heteroatoms. The Hall–Kier alpha value is 0.110. The van der Waals surface area contributed by atoms with Crippen molar-refractivity contribution in [2.24, 2.45) is 0 Å². The van der Waals surface area contributed by atoms with E-state index in [2.05, 4.69) is 0 Å². The van der Waals surface area contributed by atoms with Gasteiger partial charge >= 0.3 is 0 Å². The molecule has 1 atom stereocenters. The monoisotopic (exact) mass is 234 g/mol. The van der Waals surface area contributed by atoms with Gasteiger partial charge in [-0.25, -0.2) is 0 Å². The zero-order valence-electron chi connectivity index (χ0n) is 6.76. The minimum atomic E-state index is -0.426. The van der Waals surface area contributed by atoms with Gasteiger partial charge in [-0.1, -0.05) is 23.2 Å². The number of benzene rings is 1. The minimum absolute atomic E-state index is 0.426. The van der Waals surface area contributed by atoms with E-state index in [1.807, 2.05) is 0 Å². The molecule has 0 spiro atoms. The predicted molar refractivity (Wildman–Crippen MR) is 57.6 cm³/mol. The molecule has 1 N–H and O–H groups in total. The summed E-state index contributed by atoms with van der Waals surface area (Å²) in [5.41, 5.74) is 1.91. The first-order valence-corrected chi connectivity index (χ1v) is 5.83. The van der Waals surface area contributed by atoms with Crippen LogP contribution < -0.4 is 0 Å². The molecule has 0 aliphatic carbocycles. The van der Waals surface area contributed by atoms with E-state index in [0.717, 1.165) is 22.6 Å². The maximum atomic E-state index is 9.67. The first-order chi connectivity index (χ1) is 6.18. The summed E-state index contributed by atoms with van der Waals surface area (Å²) in [6, 6.07) is 3.52. The molecule has 1 heterocycles. The Labute approximate surface area is 91.0 Å². The lowest BCUT2D eigenvalue weighted by Crippen LogP contribution is -2.10. The molecule has 1 aliphatic heterocycles. The Morgan fingerprint density at radius 3 is 2.92 bits per heavy atom. The first-order valence-electron chi connectivity index (χ1n) is 3.92. The summed E-state index contributed by atoms with van der Waals surface area (Å²) in [4.78, 5) is 0. The van der Waals surface area contributed by atoms with Crippen LogP contribution in [0.25, 0.3) is 0 Å². The highest BCUT2D eigenvalue weighted by molar-refractivity contribution is 7.98. The largest absolute Gasteiger partial charge is 0.388 e. The number of aliphatic hydroxyl groups excluding tert-OH is 1. The number of aliphatic hydroxyl groups is 1. The topological polar surface area (TPSA) is 20.2 Å². The summed E-state index contributed by atoms with van der Waals surface area (Å²) in [6.45, 7) is 0. The highest BCUT2D eigenvalue weighted by atomic mass is 35.5. The molecule has 0 aromatic heterocycles. The maximum absolute atomic E-state index is 9.67. The molecule has 1 nitrogen and oxygen atoms in total. The molecule has 1 aromatic rings. The first kappa shape index (κ1) is 9.66. The summed E-state index contributed by atoms with van der Waals surface area (Å²) < 4.78 is 0. The molecular formula is C9H8Cl2OS. The van der Waals surface area contributed by atoms with Crippen LogP contribution in [0.2, 0.25) is 10.0 Å². The number of hydrogen-bond donors (Lipinski definition) is 1. The van der Waals surface area contributed by atoms with E-state index in [-0.39, 0.29) is 0 Å². The van der Waals surface area contributed by atoms with E-state index in [0.29, 0.717) is 10.0 Å². The number of thioether (sulfide) groups is 1. The van der Waals surface area contributed by atoms with Gasteiger partial charge in [0.1, 0.15) is 0 Å². The minimum Gasteiger partial charge on any atom is -0.388 e. The molecule has 1 aromatic carbocycles. The van der Waals surface area contributed by atoms with Gasteiger partial charge in [0.05, 0.1) is 6.10 Å². The van der Waals surface area contributed by atoms with Gasteiger partial charge in [0.2, 0.25) is 0 Å². The van der Waals surface area contributed by atoms with Crippen LogP contribution in [0.1, 0.15) is 17.2 Å². The van der Waals surface area contributed by atoms with E-state index in [9.17, 15) is 5.11 Å². The summed E-state index contributed by atoms with van der Waals surface area (Å²) in [5, 5.41) is 10.9. The second-order valence-electron chi connectivity index (χ2n) is 2.99. The van der Waals surface area contributed by atoms with Crippen molar-refractivity contribution >= 4 is 35.0 Å². The normalized spacial score (nSPS) is 21.3. The third kappa shape index (κ3) is 1.82. The fraction of sp³-hybridized carbons (Fsp3) is 0.333. The van der Waals surface area contributed by atoms with Crippen LogP contribution in [0.15, 0.2) is 12.1 Å². The van der Waals surface area contributed by atoms with Gasteiger partial charge in [0, 0.05) is 21.6 Å². The second-order valence-corrected chi connectivity index (χ2v) is 4.86. The number of halogens is 2. The van der Waals surface area contributed by atoms with Gasteiger partial charge in [-0.3, -0.25) is 0 Å². The van der Waals surface area contributed by atoms with E-state index >= 15 is 0 Å². The van der Waals surface area contributed by atoms with Crippen molar-refractivity contribution in [3.63, 3.8) is 0 Å². The summed E-state index contributed by atoms with van der Waals surface area (Å²) in [5.74, 6) is 1.59. The van der Waals surface area contributed by atoms with Gasteiger partial charge < -0.3 is 5.11 Å². The molecule has 1 aliphatic rings. The predicted octanol–water partition coefficient (Wildman–Crippen LogP) is 3.27. The lowest BCUT2D eigenvalue weighted by Gasteiger charge is -2.22. The van der Waals surface area contributed by atoms with E-state index < -0.39 is 6.10 Å². The maximum Gasteiger partial charge on any atom is 0.0884 e. The molecule has 13 heavy (non-hydrogen) atoms. The zero-order chi connectivity index (χ0) is 9.42. The van der Waals surface area contributed by atoms with Crippen LogP contribution in [-0.4, -0.2) is 10.9 Å². The smallest absolute Gasteiger partial charge is 0.0884 e. The average molecular weight is 235 g/mol. The van der Waals surface area contributed by atoms with E-state index in [4.69, 9.17) is 23.2 Å². The van der Waals surface area contributed by atoms with Crippen LogP contribution in [0.5, 0.6) is 0 Å². The fourth-order valence-electron chi connectivity index (χ4n) is 1.44. The van der Waals surface area contributed by atoms with Crippen molar-refractivity contribution in [1.82, 2.24) is 0 Å². The SMILES string of the molecule is O[C@@H]1CSCc2c(Cl)cc(Cl)cc21. The van der Waals surface area contributed by atoms with Gasteiger partial charge in [-0.05, 0) is 23.3 Å². The van der Waals surface area contributed by atoms with Crippen molar-refractivity contribution < 1.29 is 5.11 Å². The molecule has 0 saturated carbocycles. The quantitative estimate of drug-likeness (QED) is 0.744.